The lowest BCUT2D eigenvalue weighted by Gasteiger charge is -2.40. The molecule has 0 amide bonds. The maximum Gasteiger partial charge on any atom is 0.187 e. The van der Waals surface area contributed by atoms with Gasteiger partial charge in [-0.2, -0.15) is 0 Å². The number of rotatable bonds is 2. The summed E-state index contributed by atoms with van der Waals surface area (Å²) in [5.41, 5.74) is 5.65. The van der Waals surface area contributed by atoms with Crippen LogP contribution in [0.3, 0.4) is 0 Å². The summed E-state index contributed by atoms with van der Waals surface area (Å²) in [7, 11) is 0. The number of fused-ring (bicyclic) bond motifs is 1. The summed E-state index contributed by atoms with van der Waals surface area (Å²) in [6.45, 7) is 1.27. The van der Waals surface area contributed by atoms with Crippen LogP contribution in [0.25, 0.3) is 0 Å². The van der Waals surface area contributed by atoms with E-state index in [0.717, 1.165) is 35.4 Å². The smallest absolute Gasteiger partial charge is 0.187 e. The largest absolute Gasteiger partial charge is 0.394 e. The standard InChI is InChI=1S/C9H13N3OS/c10-7-3-11-8(14-7)12-4-6-1-9(12,2-6)5-13/h3,6,13H,1-2,4-5,10H2. The van der Waals surface area contributed by atoms with Gasteiger partial charge in [-0.3, -0.25) is 0 Å². The molecule has 5 heteroatoms. The minimum absolute atomic E-state index is 0.00500. The molecular formula is C9H13N3OS. The first-order chi connectivity index (χ1) is 6.73. The number of nitrogens with zero attached hydrogens (tertiary/aromatic N) is 2. The van der Waals surface area contributed by atoms with E-state index in [1.165, 1.54) is 11.3 Å². The highest BCUT2D eigenvalue weighted by Crippen LogP contribution is 2.52. The van der Waals surface area contributed by atoms with Crippen molar-refractivity contribution in [1.82, 2.24) is 4.98 Å². The number of aliphatic hydroxyl groups excluding tert-OH is 1. The third-order valence-electron chi connectivity index (χ3n) is 3.39. The molecule has 0 unspecified atom stereocenters. The molecule has 1 aromatic rings. The minimum Gasteiger partial charge on any atom is -0.394 e. The van der Waals surface area contributed by atoms with Crippen LogP contribution in [0, 0.1) is 5.92 Å². The lowest BCUT2D eigenvalue weighted by Crippen LogP contribution is -2.49. The van der Waals surface area contributed by atoms with E-state index in [2.05, 4.69) is 9.88 Å². The molecule has 2 saturated heterocycles. The van der Waals surface area contributed by atoms with Crippen LogP contribution in [0.5, 0.6) is 0 Å². The second kappa shape index (κ2) is 2.61. The molecule has 3 aliphatic rings. The van der Waals surface area contributed by atoms with Crippen LogP contribution in [0.2, 0.25) is 0 Å². The highest BCUT2D eigenvalue weighted by atomic mass is 32.1. The molecule has 2 bridgehead atoms. The quantitative estimate of drug-likeness (QED) is 0.755. The number of thiazole rings is 1. The monoisotopic (exact) mass is 211 g/mol. The average Bonchev–Trinajstić information content (AvgIpc) is 2.72. The molecule has 1 aliphatic carbocycles. The van der Waals surface area contributed by atoms with Gasteiger partial charge in [0.05, 0.1) is 18.3 Å². The Hall–Kier alpha value is -0.810. The van der Waals surface area contributed by atoms with E-state index >= 15 is 0 Å². The van der Waals surface area contributed by atoms with Gasteiger partial charge in [-0.05, 0) is 18.8 Å². The second-order valence-corrected chi connectivity index (χ2v) is 5.35. The summed E-state index contributed by atoms with van der Waals surface area (Å²) in [4.78, 5) is 6.51. The Bertz CT molecular complexity index is 359. The Morgan fingerprint density at radius 2 is 2.50 bits per heavy atom. The van der Waals surface area contributed by atoms with E-state index in [0.29, 0.717) is 0 Å². The van der Waals surface area contributed by atoms with Crippen molar-refractivity contribution in [2.75, 3.05) is 23.8 Å². The first-order valence-electron chi connectivity index (χ1n) is 4.83. The van der Waals surface area contributed by atoms with E-state index in [1.807, 2.05) is 0 Å². The highest BCUT2D eigenvalue weighted by molar-refractivity contribution is 7.19. The normalized spacial score (nSPS) is 34.6. The summed E-state index contributed by atoms with van der Waals surface area (Å²) in [5, 5.41) is 11.1. The molecule has 0 aromatic carbocycles. The van der Waals surface area contributed by atoms with Gasteiger partial charge in [0, 0.05) is 6.54 Å². The number of nitrogen functional groups attached to an aromatic ring is 1. The fraction of sp³-hybridized carbons (Fsp3) is 0.667. The van der Waals surface area contributed by atoms with Crippen LogP contribution in [0.15, 0.2) is 6.20 Å². The Balaban J connectivity index is 1.92. The number of hydrogen-bond donors (Lipinski definition) is 2. The summed E-state index contributed by atoms with van der Waals surface area (Å²) in [6, 6.07) is 0. The summed E-state index contributed by atoms with van der Waals surface area (Å²) < 4.78 is 0. The lowest BCUT2D eigenvalue weighted by atomic mass is 9.74. The number of nitrogens with two attached hydrogens (primary N) is 1. The Morgan fingerprint density at radius 1 is 1.71 bits per heavy atom. The predicted octanol–water partition coefficient (Wildman–Crippen LogP) is 0.686. The van der Waals surface area contributed by atoms with Gasteiger partial charge in [0.15, 0.2) is 5.13 Å². The number of aromatic nitrogens is 1. The lowest BCUT2D eigenvalue weighted by molar-refractivity contribution is 0.129. The maximum atomic E-state index is 9.41. The van der Waals surface area contributed by atoms with Crippen molar-refractivity contribution < 1.29 is 5.11 Å². The first kappa shape index (κ1) is 8.49. The minimum atomic E-state index is -0.00500. The van der Waals surface area contributed by atoms with Gasteiger partial charge in [-0.25, -0.2) is 4.98 Å². The van der Waals surface area contributed by atoms with Crippen molar-refractivity contribution in [1.29, 1.82) is 0 Å². The van der Waals surface area contributed by atoms with Crippen molar-refractivity contribution in [3.8, 4) is 0 Å². The van der Waals surface area contributed by atoms with Gasteiger partial charge in [0.1, 0.15) is 5.00 Å². The molecule has 4 rings (SSSR count). The van der Waals surface area contributed by atoms with Crippen LogP contribution in [0.4, 0.5) is 10.1 Å². The highest BCUT2D eigenvalue weighted by Gasteiger charge is 2.56. The molecule has 1 aromatic heterocycles. The van der Waals surface area contributed by atoms with Crippen molar-refractivity contribution in [2.24, 2.45) is 5.92 Å². The van der Waals surface area contributed by atoms with Gasteiger partial charge >= 0.3 is 0 Å². The van der Waals surface area contributed by atoms with E-state index in [4.69, 9.17) is 5.73 Å². The summed E-state index contributed by atoms with van der Waals surface area (Å²) in [5.74, 6) is 0.757. The van der Waals surface area contributed by atoms with Gasteiger partial charge in [-0.15, -0.1) is 0 Å². The van der Waals surface area contributed by atoms with E-state index in [1.54, 1.807) is 6.20 Å². The van der Waals surface area contributed by atoms with E-state index in [-0.39, 0.29) is 12.1 Å². The number of hydrogen-bond acceptors (Lipinski definition) is 5. The fourth-order valence-corrected chi connectivity index (χ4v) is 3.51. The topological polar surface area (TPSA) is 62.4 Å². The van der Waals surface area contributed by atoms with Crippen LogP contribution < -0.4 is 10.6 Å². The summed E-state index contributed by atoms with van der Waals surface area (Å²) in [6.07, 6.45) is 3.92. The van der Waals surface area contributed by atoms with Crippen molar-refractivity contribution >= 4 is 21.5 Å². The molecule has 0 atom stereocenters. The summed E-state index contributed by atoms with van der Waals surface area (Å²) >= 11 is 1.51. The van der Waals surface area contributed by atoms with Gasteiger partial charge in [0.25, 0.3) is 0 Å². The molecule has 2 aliphatic heterocycles. The molecule has 3 fully saturated rings. The van der Waals surface area contributed by atoms with Crippen molar-refractivity contribution in [3.05, 3.63) is 6.20 Å². The van der Waals surface area contributed by atoms with Crippen LogP contribution in [-0.4, -0.2) is 28.8 Å². The molecule has 3 heterocycles. The SMILES string of the molecule is Nc1cnc(N2CC3CC2(CO)C3)s1. The molecule has 0 radical (unpaired) electrons. The fourth-order valence-electron chi connectivity index (χ4n) is 2.71. The number of aliphatic hydroxyl groups is 1. The zero-order valence-corrected chi connectivity index (χ0v) is 8.63. The predicted molar refractivity (Wildman–Crippen MR) is 56.4 cm³/mol. The Morgan fingerprint density at radius 3 is 3.07 bits per heavy atom. The van der Waals surface area contributed by atoms with Crippen LogP contribution >= 0.6 is 11.3 Å². The van der Waals surface area contributed by atoms with Crippen LogP contribution in [0.1, 0.15) is 12.8 Å². The van der Waals surface area contributed by atoms with Gasteiger partial charge in [0.2, 0.25) is 0 Å². The zero-order chi connectivity index (χ0) is 9.76. The third kappa shape index (κ3) is 0.938. The van der Waals surface area contributed by atoms with E-state index < -0.39 is 0 Å². The third-order valence-corrected chi connectivity index (χ3v) is 4.24. The molecular weight excluding hydrogens is 198 g/mol. The maximum absolute atomic E-state index is 9.41. The number of anilines is 2. The van der Waals surface area contributed by atoms with Crippen LogP contribution in [-0.2, 0) is 0 Å². The Kier molecular flexibility index (Phi) is 1.58. The second-order valence-electron chi connectivity index (χ2n) is 4.31. The van der Waals surface area contributed by atoms with E-state index in [9.17, 15) is 5.11 Å². The zero-order valence-electron chi connectivity index (χ0n) is 7.81. The van der Waals surface area contributed by atoms with Gasteiger partial charge in [-0.1, -0.05) is 11.3 Å². The average molecular weight is 211 g/mol. The molecule has 1 saturated carbocycles. The first-order valence-corrected chi connectivity index (χ1v) is 5.65. The molecule has 3 N–H and O–H groups in total. The molecule has 0 spiro atoms. The molecule has 4 nitrogen and oxygen atoms in total. The Labute approximate surface area is 86.4 Å². The van der Waals surface area contributed by atoms with Crippen molar-refractivity contribution in [2.45, 2.75) is 18.4 Å². The van der Waals surface area contributed by atoms with Crippen molar-refractivity contribution in [3.63, 3.8) is 0 Å². The van der Waals surface area contributed by atoms with Gasteiger partial charge < -0.3 is 15.7 Å². The molecule has 76 valence electrons. The molecule has 14 heavy (non-hydrogen) atoms.